The Bertz CT molecular complexity index is 549. The van der Waals surface area contributed by atoms with Crippen molar-refractivity contribution in [1.82, 2.24) is 5.32 Å². The van der Waals surface area contributed by atoms with Crippen molar-refractivity contribution in [2.24, 2.45) is 0 Å². The average Bonchev–Trinajstić information content (AvgIpc) is 2.49. The minimum absolute atomic E-state index is 0.120. The number of nitrogens with one attached hydrogen (secondary N) is 1. The van der Waals surface area contributed by atoms with Crippen molar-refractivity contribution in [2.75, 3.05) is 18.1 Å². The molecule has 0 aromatic heterocycles. The number of ether oxygens (including phenoxy) is 1. The molecule has 21 heavy (non-hydrogen) atoms. The topological polar surface area (TPSA) is 58.6 Å². The third-order valence-corrected chi connectivity index (χ3v) is 3.27. The van der Waals surface area contributed by atoms with Gasteiger partial charge in [-0.3, -0.25) is 9.59 Å². The molecule has 0 bridgehead atoms. The molecule has 1 N–H and O–H groups in total. The van der Waals surface area contributed by atoms with Gasteiger partial charge in [0.05, 0.1) is 23.5 Å². The molecule has 5 heteroatoms. The van der Waals surface area contributed by atoms with Gasteiger partial charge >= 0.3 is 0 Å². The molecular formula is C16H22N2O3. The van der Waals surface area contributed by atoms with Gasteiger partial charge in [0.1, 0.15) is 6.04 Å². The number of para-hydroxylation sites is 1. The third-order valence-electron chi connectivity index (χ3n) is 3.27. The molecule has 1 aromatic rings. The summed E-state index contributed by atoms with van der Waals surface area (Å²) in [6.07, 6.45) is 0. The van der Waals surface area contributed by atoms with Gasteiger partial charge in [0.2, 0.25) is 5.91 Å². The molecule has 1 aliphatic heterocycles. The summed E-state index contributed by atoms with van der Waals surface area (Å²) in [6.45, 7) is 8.46. The van der Waals surface area contributed by atoms with Crippen molar-refractivity contribution in [3.8, 4) is 0 Å². The van der Waals surface area contributed by atoms with Gasteiger partial charge in [-0.1, -0.05) is 12.1 Å². The average molecular weight is 290 g/mol. The molecule has 0 radical (unpaired) electrons. The zero-order chi connectivity index (χ0) is 15.6. The van der Waals surface area contributed by atoms with E-state index in [0.717, 1.165) is 0 Å². The van der Waals surface area contributed by atoms with E-state index in [1.807, 2.05) is 26.8 Å². The predicted octanol–water partition coefficient (Wildman–Crippen LogP) is 1.97. The Kier molecular flexibility index (Phi) is 4.32. The van der Waals surface area contributed by atoms with E-state index in [-0.39, 0.29) is 17.4 Å². The fraction of sp³-hybridized carbons (Fsp3) is 0.500. The number of carbonyl (C=O) groups is 2. The number of benzene rings is 1. The number of hydrogen-bond donors (Lipinski definition) is 1. The lowest BCUT2D eigenvalue weighted by molar-refractivity contribution is -0.120. The molecule has 1 aromatic carbocycles. The molecule has 114 valence electrons. The van der Waals surface area contributed by atoms with Crippen molar-refractivity contribution in [3.05, 3.63) is 29.8 Å². The van der Waals surface area contributed by atoms with Crippen molar-refractivity contribution >= 4 is 17.5 Å². The van der Waals surface area contributed by atoms with Crippen LogP contribution in [0.2, 0.25) is 0 Å². The van der Waals surface area contributed by atoms with E-state index >= 15 is 0 Å². The van der Waals surface area contributed by atoms with Crippen LogP contribution in [0.1, 0.15) is 38.1 Å². The Morgan fingerprint density at radius 3 is 2.57 bits per heavy atom. The summed E-state index contributed by atoms with van der Waals surface area (Å²) in [5.41, 5.74) is 0.904. The minimum atomic E-state index is -0.542. The Hall–Kier alpha value is -1.88. The first-order valence-electron chi connectivity index (χ1n) is 7.15. The zero-order valence-corrected chi connectivity index (χ0v) is 13.0. The maximum absolute atomic E-state index is 12.5. The van der Waals surface area contributed by atoms with Gasteiger partial charge in [0, 0.05) is 6.54 Å². The first-order chi connectivity index (χ1) is 9.79. The molecule has 0 spiro atoms. The summed E-state index contributed by atoms with van der Waals surface area (Å²) in [6, 6.07) is 6.60. The molecule has 0 fully saturated rings. The molecule has 2 rings (SSSR count). The lowest BCUT2D eigenvalue weighted by Gasteiger charge is -2.26. The van der Waals surface area contributed by atoms with Crippen molar-refractivity contribution < 1.29 is 14.3 Å². The third kappa shape index (κ3) is 3.61. The molecule has 0 aliphatic carbocycles. The van der Waals surface area contributed by atoms with E-state index in [2.05, 4.69) is 5.32 Å². The summed E-state index contributed by atoms with van der Waals surface area (Å²) in [5, 5.41) is 2.71. The van der Waals surface area contributed by atoms with Crippen LogP contribution in [0.5, 0.6) is 0 Å². The number of fused-ring (bicyclic) bond motifs is 1. The molecular weight excluding hydrogens is 268 g/mol. The first-order valence-corrected chi connectivity index (χ1v) is 7.15. The quantitative estimate of drug-likeness (QED) is 0.926. The highest BCUT2D eigenvalue weighted by atomic mass is 16.5. The highest BCUT2D eigenvalue weighted by molar-refractivity contribution is 6.10. The van der Waals surface area contributed by atoms with Gasteiger partial charge < -0.3 is 15.0 Å². The van der Waals surface area contributed by atoms with Gasteiger partial charge in [-0.15, -0.1) is 0 Å². The number of nitrogens with zero attached hydrogens (tertiary/aromatic N) is 1. The van der Waals surface area contributed by atoms with E-state index in [4.69, 9.17) is 4.74 Å². The van der Waals surface area contributed by atoms with Crippen LogP contribution < -0.4 is 10.2 Å². The van der Waals surface area contributed by atoms with E-state index in [9.17, 15) is 9.59 Å². The number of hydrogen-bond acceptors (Lipinski definition) is 3. The Morgan fingerprint density at radius 1 is 1.24 bits per heavy atom. The second-order valence-corrected chi connectivity index (χ2v) is 6.16. The van der Waals surface area contributed by atoms with Gasteiger partial charge in [-0.25, -0.2) is 0 Å². The normalized spacial score (nSPS) is 19.0. The largest absolute Gasteiger partial charge is 0.374 e. The van der Waals surface area contributed by atoms with Crippen LogP contribution in [0.25, 0.3) is 0 Å². The van der Waals surface area contributed by atoms with E-state index in [0.29, 0.717) is 24.4 Å². The molecule has 0 saturated carbocycles. The van der Waals surface area contributed by atoms with Gasteiger partial charge in [0.15, 0.2) is 0 Å². The van der Waals surface area contributed by atoms with Crippen LogP contribution in [-0.4, -0.2) is 36.6 Å². The summed E-state index contributed by atoms with van der Waals surface area (Å²) in [5.74, 6) is -0.337. The lowest BCUT2D eigenvalue weighted by atomic mass is 10.1. The number of rotatable bonds is 3. The van der Waals surface area contributed by atoms with Crippen LogP contribution in [-0.2, 0) is 9.53 Å². The SMILES string of the molecule is CC1NC(=O)c2ccccc2N(CCOC(C)(C)C)C1=O. The predicted molar refractivity (Wildman–Crippen MR) is 81.4 cm³/mol. The zero-order valence-electron chi connectivity index (χ0n) is 13.0. The van der Waals surface area contributed by atoms with Gasteiger partial charge in [-0.05, 0) is 39.8 Å². The molecule has 1 unspecified atom stereocenters. The van der Waals surface area contributed by atoms with Gasteiger partial charge in [-0.2, -0.15) is 0 Å². The van der Waals surface area contributed by atoms with Crippen molar-refractivity contribution in [3.63, 3.8) is 0 Å². The Balaban J connectivity index is 2.26. The molecule has 5 nitrogen and oxygen atoms in total. The number of carbonyl (C=O) groups excluding carboxylic acids is 2. The molecule has 1 atom stereocenters. The standard InChI is InChI=1S/C16H22N2O3/c1-11-15(20)18(9-10-21-16(2,3)4)13-8-6-5-7-12(13)14(19)17-11/h5-8,11H,9-10H2,1-4H3,(H,17,19). The second kappa shape index (κ2) is 5.85. The van der Waals surface area contributed by atoms with Crippen LogP contribution >= 0.6 is 0 Å². The van der Waals surface area contributed by atoms with Crippen molar-refractivity contribution in [2.45, 2.75) is 39.3 Å². The summed E-state index contributed by atoms with van der Waals surface area (Å²) < 4.78 is 5.70. The molecule has 2 amide bonds. The minimum Gasteiger partial charge on any atom is -0.374 e. The Labute approximate surface area is 125 Å². The fourth-order valence-corrected chi connectivity index (χ4v) is 2.26. The highest BCUT2D eigenvalue weighted by Crippen LogP contribution is 2.24. The van der Waals surface area contributed by atoms with Crippen LogP contribution in [0, 0.1) is 0 Å². The second-order valence-electron chi connectivity index (χ2n) is 6.16. The van der Waals surface area contributed by atoms with Crippen LogP contribution in [0.15, 0.2) is 24.3 Å². The Morgan fingerprint density at radius 2 is 1.90 bits per heavy atom. The van der Waals surface area contributed by atoms with Gasteiger partial charge in [0.25, 0.3) is 5.91 Å². The maximum atomic E-state index is 12.5. The fourth-order valence-electron chi connectivity index (χ4n) is 2.26. The summed E-state index contributed by atoms with van der Waals surface area (Å²) in [4.78, 5) is 26.2. The van der Waals surface area contributed by atoms with Crippen LogP contribution in [0.3, 0.4) is 0 Å². The monoisotopic (exact) mass is 290 g/mol. The molecule has 1 heterocycles. The smallest absolute Gasteiger partial charge is 0.254 e. The summed E-state index contributed by atoms with van der Waals surface area (Å²) in [7, 11) is 0. The number of amides is 2. The van der Waals surface area contributed by atoms with E-state index < -0.39 is 6.04 Å². The first kappa shape index (κ1) is 15.5. The van der Waals surface area contributed by atoms with Crippen molar-refractivity contribution in [1.29, 1.82) is 0 Å². The summed E-state index contributed by atoms with van der Waals surface area (Å²) >= 11 is 0. The maximum Gasteiger partial charge on any atom is 0.254 e. The molecule has 1 aliphatic rings. The molecule has 0 saturated heterocycles. The highest BCUT2D eigenvalue weighted by Gasteiger charge is 2.30. The van der Waals surface area contributed by atoms with E-state index in [1.54, 1.807) is 30.0 Å². The van der Waals surface area contributed by atoms with E-state index in [1.165, 1.54) is 0 Å². The lowest BCUT2D eigenvalue weighted by Crippen LogP contribution is -2.45. The number of anilines is 1. The van der Waals surface area contributed by atoms with Crippen LogP contribution in [0.4, 0.5) is 5.69 Å².